The van der Waals surface area contributed by atoms with Crippen molar-refractivity contribution in [2.24, 2.45) is 11.8 Å². The highest BCUT2D eigenvalue weighted by Gasteiger charge is 2.28. The van der Waals surface area contributed by atoms with Crippen LogP contribution in [0.1, 0.15) is 26.7 Å². The van der Waals surface area contributed by atoms with Crippen molar-refractivity contribution in [2.75, 3.05) is 13.2 Å². The minimum Gasteiger partial charge on any atom is -0.378 e. The number of aromatic nitrogens is 1. The van der Waals surface area contributed by atoms with E-state index in [0.29, 0.717) is 23.8 Å². The average Bonchev–Trinajstić information content (AvgIpc) is 2.63. The van der Waals surface area contributed by atoms with Crippen LogP contribution in [0.15, 0.2) is 41.3 Å². The lowest BCUT2D eigenvalue weighted by atomic mass is 9.87. The smallest absolute Gasteiger partial charge is 0.258 e. The summed E-state index contributed by atoms with van der Waals surface area (Å²) in [7, 11) is 0. The number of carbonyl (C=O) groups excluding carboxylic acids is 1. The van der Waals surface area contributed by atoms with Crippen molar-refractivity contribution in [1.29, 1.82) is 0 Å². The molecule has 0 radical (unpaired) electrons. The van der Waals surface area contributed by atoms with Gasteiger partial charge in [-0.05, 0) is 36.3 Å². The summed E-state index contributed by atoms with van der Waals surface area (Å²) >= 11 is 0. The number of rotatable bonds is 5. The first-order valence-corrected chi connectivity index (χ1v) is 9.02. The van der Waals surface area contributed by atoms with Crippen molar-refractivity contribution >= 4 is 16.7 Å². The van der Waals surface area contributed by atoms with Crippen molar-refractivity contribution < 1.29 is 9.53 Å². The molecule has 1 N–H and O–H groups in total. The van der Waals surface area contributed by atoms with E-state index in [1.807, 2.05) is 24.3 Å². The second-order valence-corrected chi connectivity index (χ2v) is 7.12. The summed E-state index contributed by atoms with van der Waals surface area (Å²) in [6.07, 6.45) is 3.98. The molecule has 1 aromatic carbocycles. The average molecular weight is 342 g/mol. The van der Waals surface area contributed by atoms with Gasteiger partial charge >= 0.3 is 0 Å². The Morgan fingerprint density at radius 3 is 2.92 bits per heavy atom. The van der Waals surface area contributed by atoms with Crippen LogP contribution in [0.5, 0.6) is 0 Å². The Kier molecular flexibility index (Phi) is 5.53. The third kappa shape index (κ3) is 4.10. The summed E-state index contributed by atoms with van der Waals surface area (Å²) in [5.74, 6) is 0.641. The lowest BCUT2D eigenvalue weighted by Gasteiger charge is -2.34. The zero-order chi connectivity index (χ0) is 17.8. The van der Waals surface area contributed by atoms with Crippen LogP contribution in [-0.2, 0) is 16.1 Å². The molecule has 1 amide bonds. The Balaban J connectivity index is 1.63. The first-order chi connectivity index (χ1) is 12.1. The second kappa shape index (κ2) is 7.83. The molecule has 5 heteroatoms. The maximum atomic E-state index is 12.5. The molecular formula is C20H26N2O3. The van der Waals surface area contributed by atoms with E-state index in [-0.39, 0.29) is 24.1 Å². The minimum atomic E-state index is -0.134. The molecule has 0 bridgehead atoms. The number of ether oxygens (including phenoxy) is 1. The lowest BCUT2D eigenvalue weighted by Crippen LogP contribution is -2.42. The number of hydrogen-bond acceptors (Lipinski definition) is 3. The molecule has 2 atom stereocenters. The highest BCUT2D eigenvalue weighted by atomic mass is 16.5. The van der Waals surface area contributed by atoms with Crippen LogP contribution >= 0.6 is 0 Å². The Hall–Kier alpha value is -2.14. The van der Waals surface area contributed by atoms with E-state index in [2.05, 4.69) is 19.2 Å². The third-order valence-corrected chi connectivity index (χ3v) is 4.91. The van der Waals surface area contributed by atoms with E-state index in [1.54, 1.807) is 12.3 Å². The quantitative estimate of drug-likeness (QED) is 0.908. The Bertz CT molecular complexity index is 797. The van der Waals surface area contributed by atoms with Crippen molar-refractivity contribution in [2.45, 2.75) is 39.3 Å². The number of benzene rings is 1. The molecule has 3 rings (SSSR count). The molecule has 0 spiro atoms. The monoisotopic (exact) mass is 342 g/mol. The zero-order valence-electron chi connectivity index (χ0n) is 14.9. The molecule has 2 unspecified atom stereocenters. The van der Waals surface area contributed by atoms with Gasteiger partial charge in [-0.15, -0.1) is 0 Å². The zero-order valence-corrected chi connectivity index (χ0v) is 14.9. The molecule has 25 heavy (non-hydrogen) atoms. The predicted octanol–water partition coefficient (Wildman–Crippen LogP) is 2.57. The fourth-order valence-electron chi connectivity index (χ4n) is 3.63. The molecule has 1 aromatic heterocycles. The topological polar surface area (TPSA) is 60.3 Å². The van der Waals surface area contributed by atoms with Crippen LogP contribution in [-0.4, -0.2) is 29.7 Å². The fourth-order valence-corrected chi connectivity index (χ4v) is 3.63. The molecular weight excluding hydrogens is 316 g/mol. The number of carbonyl (C=O) groups is 1. The highest BCUT2D eigenvalue weighted by Crippen LogP contribution is 2.25. The van der Waals surface area contributed by atoms with Crippen molar-refractivity contribution in [3.63, 3.8) is 0 Å². The van der Waals surface area contributed by atoms with Crippen LogP contribution in [0, 0.1) is 11.8 Å². The SMILES string of the molecule is CC(C)C1OCCCC1CNC(=O)Cn1ccc2ccccc2c1=O. The lowest BCUT2D eigenvalue weighted by molar-refractivity contribution is -0.122. The number of pyridine rings is 1. The van der Waals surface area contributed by atoms with E-state index in [1.165, 1.54) is 4.57 Å². The largest absolute Gasteiger partial charge is 0.378 e. The molecule has 1 fully saturated rings. The molecule has 1 aliphatic heterocycles. The van der Waals surface area contributed by atoms with Crippen molar-refractivity contribution in [1.82, 2.24) is 9.88 Å². The number of fused-ring (bicyclic) bond motifs is 1. The maximum absolute atomic E-state index is 12.5. The van der Waals surface area contributed by atoms with E-state index in [4.69, 9.17) is 4.74 Å². The van der Waals surface area contributed by atoms with E-state index < -0.39 is 0 Å². The molecule has 2 aromatic rings. The fraction of sp³-hybridized carbons (Fsp3) is 0.500. The number of nitrogens with one attached hydrogen (secondary N) is 1. The number of amides is 1. The summed E-state index contributed by atoms with van der Waals surface area (Å²) < 4.78 is 7.33. The summed E-state index contributed by atoms with van der Waals surface area (Å²) in [6.45, 7) is 5.76. The Morgan fingerprint density at radius 1 is 1.32 bits per heavy atom. The molecule has 2 heterocycles. The van der Waals surface area contributed by atoms with Gasteiger partial charge in [0.05, 0.1) is 6.10 Å². The molecule has 5 nitrogen and oxygen atoms in total. The number of hydrogen-bond donors (Lipinski definition) is 1. The van der Waals surface area contributed by atoms with Gasteiger partial charge in [-0.1, -0.05) is 32.0 Å². The van der Waals surface area contributed by atoms with Gasteiger partial charge in [0, 0.05) is 30.7 Å². The van der Waals surface area contributed by atoms with Crippen molar-refractivity contribution in [3.8, 4) is 0 Å². The first kappa shape index (κ1) is 17.7. The van der Waals surface area contributed by atoms with Gasteiger partial charge in [-0.2, -0.15) is 0 Å². The summed E-state index contributed by atoms with van der Waals surface area (Å²) in [5, 5.41) is 4.51. The molecule has 1 saturated heterocycles. The van der Waals surface area contributed by atoms with Crippen LogP contribution in [0.2, 0.25) is 0 Å². The van der Waals surface area contributed by atoms with Gasteiger partial charge in [0.25, 0.3) is 5.56 Å². The highest BCUT2D eigenvalue weighted by molar-refractivity contribution is 5.82. The summed E-state index contributed by atoms with van der Waals surface area (Å²) in [6, 6.07) is 9.29. The van der Waals surface area contributed by atoms with Gasteiger partial charge in [0.2, 0.25) is 5.91 Å². The van der Waals surface area contributed by atoms with Crippen LogP contribution in [0.4, 0.5) is 0 Å². The molecule has 0 saturated carbocycles. The van der Waals surface area contributed by atoms with Gasteiger partial charge in [-0.3, -0.25) is 9.59 Å². The standard InChI is InChI=1S/C20H26N2O3/c1-14(2)19-16(7-5-11-25-19)12-21-18(23)13-22-10-9-15-6-3-4-8-17(15)20(22)24/h3-4,6,8-10,14,16,19H,5,7,11-13H2,1-2H3,(H,21,23). The summed E-state index contributed by atoms with van der Waals surface area (Å²) in [4.78, 5) is 24.8. The Labute approximate surface area is 148 Å². The Morgan fingerprint density at radius 2 is 2.12 bits per heavy atom. The van der Waals surface area contributed by atoms with Crippen LogP contribution < -0.4 is 10.9 Å². The predicted molar refractivity (Wildman–Crippen MR) is 98.5 cm³/mol. The summed E-state index contributed by atoms with van der Waals surface area (Å²) in [5.41, 5.74) is -0.130. The normalized spacial score (nSPS) is 20.8. The van der Waals surface area contributed by atoms with Crippen molar-refractivity contribution in [3.05, 3.63) is 46.9 Å². The van der Waals surface area contributed by atoms with E-state index >= 15 is 0 Å². The molecule has 0 aliphatic carbocycles. The van der Waals surface area contributed by atoms with E-state index in [9.17, 15) is 9.59 Å². The van der Waals surface area contributed by atoms with Gasteiger partial charge in [-0.25, -0.2) is 0 Å². The molecule has 1 aliphatic rings. The van der Waals surface area contributed by atoms with Gasteiger partial charge in [0.15, 0.2) is 0 Å². The van der Waals surface area contributed by atoms with E-state index in [0.717, 1.165) is 24.8 Å². The molecule has 134 valence electrons. The first-order valence-electron chi connectivity index (χ1n) is 9.02. The van der Waals surface area contributed by atoms with Gasteiger partial charge in [0.1, 0.15) is 6.54 Å². The van der Waals surface area contributed by atoms with Crippen LogP contribution in [0.25, 0.3) is 10.8 Å². The van der Waals surface area contributed by atoms with Crippen LogP contribution in [0.3, 0.4) is 0 Å². The number of nitrogens with zero attached hydrogens (tertiary/aromatic N) is 1. The minimum absolute atomic E-state index is 0.0452. The third-order valence-electron chi connectivity index (χ3n) is 4.91. The van der Waals surface area contributed by atoms with Gasteiger partial charge < -0.3 is 14.6 Å². The second-order valence-electron chi connectivity index (χ2n) is 7.12. The maximum Gasteiger partial charge on any atom is 0.258 e.